The second kappa shape index (κ2) is 7.27. The molecule has 0 radical (unpaired) electrons. The summed E-state index contributed by atoms with van der Waals surface area (Å²) in [6.07, 6.45) is 1.80. The molecule has 0 aromatic heterocycles. The first-order chi connectivity index (χ1) is 6.71. The van der Waals surface area contributed by atoms with Crippen LogP contribution in [-0.2, 0) is 9.53 Å². The molecule has 1 N–H and O–H groups in total. The van der Waals surface area contributed by atoms with E-state index in [4.69, 9.17) is 10.00 Å². The summed E-state index contributed by atoms with van der Waals surface area (Å²) in [5.41, 5.74) is 0.0428. The minimum Gasteiger partial charge on any atom is -0.462 e. The standard InChI is InChI=1S/C9H14N2O2S/c1-4-11-8(14-3)7(6-10)9(12)13-5-2/h11H,4-5H2,1-3H3/b8-7-. The number of carbonyl (C=O) groups excluding carboxylic acids is 1. The van der Waals surface area contributed by atoms with Gasteiger partial charge in [0.1, 0.15) is 6.07 Å². The first-order valence-electron chi connectivity index (χ1n) is 4.30. The van der Waals surface area contributed by atoms with Gasteiger partial charge in [0.25, 0.3) is 0 Å². The van der Waals surface area contributed by atoms with Crippen LogP contribution >= 0.6 is 11.8 Å². The van der Waals surface area contributed by atoms with Gasteiger partial charge >= 0.3 is 5.97 Å². The van der Waals surface area contributed by atoms with Crippen molar-refractivity contribution in [3.8, 4) is 6.07 Å². The summed E-state index contributed by atoms with van der Waals surface area (Å²) in [4.78, 5) is 11.3. The Hall–Kier alpha value is -1.15. The molecule has 0 atom stereocenters. The molecule has 14 heavy (non-hydrogen) atoms. The minimum absolute atomic E-state index is 0.0428. The highest BCUT2D eigenvalue weighted by Crippen LogP contribution is 2.14. The smallest absolute Gasteiger partial charge is 0.351 e. The van der Waals surface area contributed by atoms with Crippen molar-refractivity contribution in [2.45, 2.75) is 13.8 Å². The van der Waals surface area contributed by atoms with Crippen molar-refractivity contribution in [1.82, 2.24) is 5.32 Å². The van der Waals surface area contributed by atoms with Crippen molar-refractivity contribution in [3.05, 3.63) is 10.6 Å². The number of hydrogen-bond acceptors (Lipinski definition) is 5. The number of thioether (sulfide) groups is 1. The van der Waals surface area contributed by atoms with Crippen LogP contribution in [0.25, 0.3) is 0 Å². The largest absolute Gasteiger partial charge is 0.462 e. The lowest BCUT2D eigenvalue weighted by atomic mass is 10.3. The molecule has 4 nitrogen and oxygen atoms in total. The molecule has 5 heteroatoms. The highest BCUT2D eigenvalue weighted by atomic mass is 32.2. The van der Waals surface area contributed by atoms with Crippen LogP contribution in [0.15, 0.2) is 10.6 Å². The van der Waals surface area contributed by atoms with E-state index < -0.39 is 5.97 Å². The number of carbonyl (C=O) groups is 1. The Morgan fingerprint density at radius 1 is 1.57 bits per heavy atom. The van der Waals surface area contributed by atoms with Gasteiger partial charge in [-0.15, -0.1) is 11.8 Å². The fourth-order valence-electron chi connectivity index (χ4n) is 0.816. The van der Waals surface area contributed by atoms with Crippen molar-refractivity contribution in [3.63, 3.8) is 0 Å². The van der Waals surface area contributed by atoms with Gasteiger partial charge < -0.3 is 10.1 Å². The second-order valence-electron chi connectivity index (χ2n) is 2.27. The Balaban J connectivity index is 4.80. The zero-order chi connectivity index (χ0) is 11.0. The van der Waals surface area contributed by atoms with Crippen LogP contribution < -0.4 is 5.32 Å². The zero-order valence-electron chi connectivity index (χ0n) is 8.59. The van der Waals surface area contributed by atoms with Crippen LogP contribution in [0.2, 0.25) is 0 Å². The van der Waals surface area contributed by atoms with E-state index in [0.29, 0.717) is 11.6 Å². The molecule has 0 fully saturated rings. The average molecular weight is 214 g/mol. The SMILES string of the molecule is CCN/C(SC)=C(\C#N)C(=O)OCC. The van der Waals surface area contributed by atoms with E-state index in [-0.39, 0.29) is 12.2 Å². The summed E-state index contributed by atoms with van der Waals surface area (Å²) in [6.45, 7) is 4.55. The van der Waals surface area contributed by atoms with Crippen LogP contribution in [0.3, 0.4) is 0 Å². The first-order valence-corrected chi connectivity index (χ1v) is 5.53. The number of esters is 1. The van der Waals surface area contributed by atoms with Crippen molar-refractivity contribution < 1.29 is 9.53 Å². The third-order valence-corrected chi connectivity index (χ3v) is 2.12. The molecule has 0 spiro atoms. The van der Waals surface area contributed by atoms with E-state index in [1.165, 1.54) is 11.8 Å². The van der Waals surface area contributed by atoms with Gasteiger partial charge in [0, 0.05) is 6.54 Å². The number of rotatable bonds is 5. The van der Waals surface area contributed by atoms with Gasteiger partial charge in [-0.3, -0.25) is 0 Å². The van der Waals surface area contributed by atoms with Gasteiger partial charge in [-0.1, -0.05) is 0 Å². The summed E-state index contributed by atoms with van der Waals surface area (Å²) in [5.74, 6) is -0.569. The van der Waals surface area contributed by atoms with Gasteiger partial charge in [0.2, 0.25) is 0 Å². The van der Waals surface area contributed by atoms with E-state index in [1.807, 2.05) is 13.0 Å². The van der Waals surface area contributed by atoms with Crippen molar-refractivity contribution in [1.29, 1.82) is 5.26 Å². The number of ether oxygens (including phenoxy) is 1. The fraction of sp³-hybridized carbons (Fsp3) is 0.556. The van der Waals surface area contributed by atoms with Crippen LogP contribution in [-0.4, -0.2) is 25.4 Å². The van der Waals surface area contributed by atoms with E-state index >= 15 is 0 Å². The highest BCUT2D eigenvalue weighted by Gasteiger charge is 2.15. The third kappa shape index (κ3) is 3.71. The first kappa shape index (κ1) is 12.8. The fourth-order valence-corrected chi connectivity index (χ4v) is 1.44. The summed E-state index contributed by atoms with van der Waals surface area (Å²) in [7, 11) is 0. The maximum Gasteiger partial charge on any atom is 0.351 e. The molecular formula is C9H14N2O2S. The molecule has 0 saturated heterocycles. The van der Waals surface area contributed by atoms with Crippen molar-refractivity contribution in [2.75, 3.05) is 19.4 Å². The lowest BCUT2D eigenvalue weighted by Gasteiger charge is -2.08. The predicted molar refractivity (Wildman–Crippen MR) is 56.5 cm³/mol. The zero-order valence-corrected chi connectivity index (χ0v) is 9.40. The Morgan fingerprint density at radius 2 is 2.21 bits per heavy atom. The number of nitrogens with zero attached hydrogens (tertiary/aromatic N) is 1. The summed E-state index contributed by atoms with van der Waals surface area (Å²) in [6, 6.07) is 1.84. The van der Waals surface area contributed by atoms with Gasteiger partial charge in [0.05, 0.1) is 11.6 Å². The van der Waals surface area contributed by atoms with Gasteiger partial charge in [-0.25, -0.2) is 4.79 Å². The molecule has 0 aliphatic carbocycles. The van der Waals surface area contributed by atoms with E-state index in [1.54, 1.807) is 13.2 Å². The molecule has 0 amide bonds. The number of nitriles is 1. The normalized spacial score (nSPS) is 11.3. The van der Waals surface area contributed by atoms with E-state index in [0.717, 1.165) is 0 Å². The maximum absolute atomic E-state index is 11.3. The second-order valence-corrected chi connectivity index (χ2v) is 3.09. The van der Waals surface area contributed by atoms with Gasteiger partial charge in [-0.05, 0) is 20.1 Å². The van der Waals surface area contributed by atoms with Gasteiger partial charge in [-0.2, -0.15) is 5.26 Å². The van der Waals surface area contributed by atoms with Crippen molar-refractivity contribution in [2.24, 2.45) is 0 Å². The molecule has 0 rings (SSSR count). The number of hydrogen-bond donors (Lipinski definition) is 1. The Bertz CT molecular complexity index is 268. The molecule has 0 bridgehead atoms. The van der Waals surface area contributed by atoms with Crippen LogP contribution in [0, 0.1) is 11.3 Å². The quantitative estimate of drug-likeness (QED) is 0.424. The monoisotopic (exact) mass is 214 g/mol. The lowest BCUT2D eigenvalue weighted by molar-refractivity contribution is -0.138. The Morgan fingerprint density at radius 3 is 2.57 bits per heavy atom. The molecular weight excluding hydrogens is 200 g/mol. The molecule has 0 aliphatic heterocycles. The molecule has 0 unspecified atom stereocenters. The van der Waals surface area contributed by atoms with E-state index in [9.17, 15) is 4.79 Å². The highest BCUT2D eigenvalue weighted by molar-refractivity contribution is 8.02. The number of nitrogens with one attached hydrogen (secondary N) is 1. The predicted octanol–water partition coefficient (Wildman–Crippen LogP) is 1.26. The topological polar surface area (TPSA) is 62.1 Å². The lowest BCUT2D eigenvalue weighted by Crippen LogP contribution is -2.17. The molecule has 0 aromatic carbocycles. The summed E-state index contributed by atoms with van der Waals surface area (Å²) < 4.78 is 4.75. The maximum atomic E-state index is 11.3. The molecule has 0 saturated carbocycles. The van der Waals surface area contributed by atoms with Crippen LogP contribution in [0.5, 0.6) is 0 Å². The van der Waals surface area contributed by atoms with Gasteiger partial charge in [0.15, 0.2) is 5.57 Å². The molecule has 78 valence electrons. The molecule has 0 aliphatic rings. The van der Waals surface area contributed by atoms with Crippen LogP contribution in [0.4, 0.5) is 0 Å². The third-order valence-electron chi connectivity index (χ3n) is 1.36. The van der Waals surface area contributed by atoms with E-state index in [2.05, 4.69) is 5.32 Å². The van der Waals surface area contributed by atoms with Crippen LogP contribution in [0.1, 0.15) is 13.8 Å². The Labute approximate surface area is 88.3 Å². The Kier molecular flexibility index (Phi) is 6.68. The summed E-state index contributed by atoms with van der Waals surface area (Å²) in [5, 5.41) is 12.3. The molecule has 0 aromatic rings. The summed E-state index contributed by atoms with van der Waals surface area (Å²) >= 11 is 1.33. The molecule has 0 heterocycles. The minimum atomic E-state index is -0.569. The van der Waals surface area contributed by atoms with Crippen molar-refractivity contribution >= 4 is 17.7 Å². The average Bonchev–Trinajstić information content (AvgIpc) is 2.18.